The van der Waals surface area contributed by atoms with Crippen LogP contribution in [0.2, 0.25) is 0 Å². The Bertz CT molecular complexity index is 638. The predicted octanol–water partition coefficient (Wildman–Crippen LogP) is 6.17. The van der Waals surface area contributed by atoms with Gasteiger partial charge in [0.2, 0.25) is 0 Å². The summed E-state index contributed by atoms with van der Waals surface area (Å²) in [6.45, 7) is 4.12. The number of hydrogen-bond acceptors (Lipinski definition) is 7. The summed E-state index contributed by atoms with van der Waals surface area (Å²) in [6.07, 6.45) is 14.1. The fraction of sp³-hybridized carbons (Fsp3) is 0.926. The fourth-order valence-electron chi connectivity index (χ4n) is 3.52. The lowest BCUT2D eigenvalue weighted by Gasteiger charge is -2.24. The summed E-state index contributed by atoms with van der Waals surface area (Å²) < 4.78 is 33.4. The molecule has 37 heavy (non-hydrogen) atoms. The monoisotopic (exact) mass is 552 g/mol. The van der Waals surface area contributed by atoms with Gasteiger partial charge in [0.15, 0.2) is 6.10 Å². The number of carbonyl (C=O) groups is 2. The molecule has 0 aliphatic rings. The number of likely N-dealkylation sites (N-methyl/N-ethyl adjacent to an activating group) is 1. The molecule has 0 fully saturated rings. The van der Waals surface area contributed by atoms with E-state index in [-0.39, 0.29) is 26.1 Å². The van der Waals surface area contributed by atoms with Crippen LogP contribution in [0, 0.1) is 0 Å². The molecule has 0 aliphatic heterocycles. The number of rotatable bonds is 25. The lowest BCUT2D eigenvalue weighted by atomic mass is 10.1. The number of quaternary nitrogens is 1. The van der Waals surface area contributed by atoms with Crippen LogP contribution < -0.4 is 0 Å². The number of hydrogen-bond donors (Lipinski definition) is 1. The summed E-state index contributed by atoms with van der Waals surface area (Å²) in [4.78, 5) is 34.2. The van der Waals surface area contributed by atoms with Gasteiger partial charge in [-0.3, -0.25) is 18.6 Å². The number of esters is 2. The molecule has 1 N–H and O–H groups in total. The molecule has 0 heterocycles. The van der Waals surface area contributed by atoms with Crippen LogP contribution in [-0.2, 0) is 32.7 Å². The topological polar surface area (TPSA) is 108 Å². The Labute approximate surface area is 225 Å². The summed E-state index contributed by atoms with van der Waals surface area (Å²) in [7, 11) is 1.47. The van der Waals surface area contributed by atoms with Crippen molar-refractivity contribution in [1.82, 2.24) is 0 Å². The Balaban J connectivity index is 4.39. The molecular weight excluding hydrogens is 497 g/mol. The molecule has 0 aromatic rings. The first-order chi connectivity index (χ1) is 17.5. The molecule has 0 aromatic carbocycles. The molecule has 10 heteroatoms. The van der Waals surface area contributed by atoms with Crippen molar-refractivity contribution in [3.63, 3.8) is 0 Å². The number of phosphoric acid groups is 1. The van der Waals surface area contributed by atoms with E-state index in [1.54, 1.807) is 0 Å². The van der Waals surface area contributed by atoms with E-state index in [4.69, 9.17) is 18.5 Å². The van der Waals surface area contributed by atoms with Gasteiger partial charge in [0.1, 0.15) is 19.8 Å². The first-order valence-electron chi connectivity index (χ1n) is 14.3. The lowest BCUT2D eigenvalue weighted by Crippen LogP contribution is -2.37. The van der Waals surface area contributed by atoms with Crippen molar-refractivity contribution in [2.45, 2.75) is 116 Å². The minimum absolute atomic E-state index is 0.0343. The van der Waals surface area contributed by atoms with E-state index < -0.39 is 32.5 Å². The molecule has 0 amide bonds. The highest BCUT2D eigenvalue weighted by Crippen LogP contribution is 2.43. The van der Waals surface area contributed by atoms with Crippen LogP contribution >= 0.6 is 7.82 Å². The van der Waals surface area contributed by atoms with Gasteiger partial charge in [0.05, 0.1) is 27.7 Å². The van der Waals surface area contributed by atoms with E-state index in [2.05, 4.69) is 6.92 Å². The Morgan fingerprint density at radius 1 is 0.730 bits per heavy atom. The fourth-order valence-corrected chi connectivity index (χ4v) is 4.26. The molecule has 0 saturated heterocycles. The van der Waals surface area contributed by atoms with Crippen LogP contribution in [0.4, 0.5) is 0 Å². The van der Waals surface area contributed by atoms with Gasteiger partial charge in [0, 0.05) is 12.8 Å². The third kappa shape index (κ3) is 25.1. The third-order valence-corrected chi connectivity index (χ3v) is 6.87. The zero-order valence-corrected chi connectivity index (χ0v) is 25.1. The van der Waals surface area contributed by atoms with E-state index in [1.807, 2.05) is 28.1 Å². The van der Waals surface area contributed by atoms with E-state index in [0.717, 1.165) is 19.3 Å². The normalized spacial score (nSPS) is 14.2. The van der Waals surface area contributed by atoms with Gasteiger partial charge in [-0.1, -0.05) is 84.5 Å². The highest BCUT2D eigenvalue weighted by Gasteiger charge is 2.27. The van der Waals surface area contributed by atoms with Crippen LogP contribution in [0.3, 0.4) is 0 Å². The predicted molar refractivity (Wildman–Crippen MR) is 146 cm³/mol. The Morgan fingerprint density at radius 2 is 1.24 bits per heavy atom. The zero-order valence-electron chi connectivity index (χ0n) is 24.2. The van der Waals surface area contributed by atoms with E-state index in [1.165, 1.54) is 51.4 Å². The van der Waals surface area contributed by atoms with Gasteiger partial charge < -0.3 is 18.9 Å². The smallest absolute Gasteiger partial charge is 0.462 e. The minimum Gasteiger partial charge on any atom is -0.462 e. The van der Waals surface area contributed by atoms with E-state index in [0.29, 0.717) is 23.9 Å². The standard InChI is InChI=1S/C27H54NO8P/c1-6-8-10-11-12-13-14-15-16-17-18-20-27(30)36-25(23-33-26(29)19-9-7-2)24-35-37(31,32)34-22-21-28(3,4)5/h25H,6-24H2,1-5H3/p+1. The van der Waals surface area contributed by atoms with Crippen molar-refractivity contribution >= 4 is 19.8 Å². The lowest BCUT2D eigenvalue weighted by molar-refractivity contribution is -0.870. The second kappa shape index (κ2) is 21.9. The molecule has 0 bridgehead atoms. The van der Waals surface area contributed by atoms with E-state index in [9.17, 15) is 19.0 Å². The SMILES string of the molecule is CCCCCCCCCCCCCC(=O)OC(COC(=O)CCCC)COP(=O)(O)OCC[N+](C)(C)C. The van der Waals surface area contributed by atoms with Gasteiger partial charge >= 0.3 is 19.8 Å². The number of nitrogens with zero attached hydrogens (tertiary/aromatic N) is 1. The first kappa shape index (κ1) is 36.0. The molecule has 0 aromatic heterocycles. The van der Waals surface area contributed by atoms with Crippen molar-refractivity contribution in [3.8, 4) is 0 Å². The van der Waals surface area contributed by atoms with Gasteiger partial charge in [-0.2, -0.15) is 0 Å². The molecule has 2 atom stereocenters. The minimum atomic E-state index is -4.33. The van der Waals surface area contributed by atoms with Gasteiger partial charge in [-0.05, 0) is 12.8 Å². The number of carbonyl (C=O) groups excluding carboxylic acids is 2. The average molecular weight is 553 g/mol. The molecule has 0 saturated carbocycles. The Kier molecular flexibility index (Phi) is 21.3. The highest BCUT2D eigenvalue weighted by atomic mass is 31.2. The van der Waals surface area contributed by atoms with Crippen molar-refractivity contribution in [2.24, 2.45) is 0 Å². The van der Waals surface area contributed by atoms with Gasteiger partial charge in [0.25, 0.3) is 0 Å². The van der Waals surface area contributed by atoms with Gasteiger partial charge in [-0.15, -0.1) is 0 Å². The highest BCUT2D eigenvalue weighted by molar-refractivity contribution is 7.47. The van der Waals surface area contributed by atoms with Crippen molar-refractivity contribution in [1.29, 1.82) is 0 Å². The Morgan fingerprint density at radius 3 is 1.78 bits per heavy atom. The number of ether oxygens (including phenoxy) is 2. The summed E-state index contributed by atoms with van der Waals surface area (Å²) >= 11 is 0. The average Bonchev–Trinajstić information content (AvgIpc) is 2.81. The summed E-state index contributed by atoms with van der Waals surface area (Å²) in [5, 5.41) is 0. The maximum Gasteiger partial charge on any atom is 0.472 e. The molecule has 0 rings (SSSR count). The molecule has 220 valence electrons. The second-order valence-corrected chi connectivity index (χ2v) is 12.2. The first-order valence-corrected chi connectivity index (χ1v) is 15.8. The zero-order chi connectivity index (χ0) is 28.0. The maximum atomic E-state index is 12.4. The molecule has 0 aliphatic carbocycles. The van der Waals surface area contributed by atoms with Crippen molar-refractivity contribution in [2.75, 3.05) is 47.5 Å². The van der Waals surface area contributed by atoms with Crippen LogP contribution in [0.5, 0.6) is 0 Å². The summed E-state index contributed by atoms with van der Waals surface area (Å²) in [6, 6.07) is 0. The van der Waals surface area contributed by atoms with E-state index >= 15 is 0 Å². The van der Waals surface area contributed by atoms with Crippen molar-refractivity contribution < 1.29 is 42.1 Å². The van der Waals surface area contributed by atoms with Gasteiger partial charge in [-0.25, -0.2) is 4.57 Å². The van der Waals surface area contributed by atoms with Crippen LogP contribution in [0.25, 0.3) is 0 Å². The number of unbranched alkanes of at least 4 members (excludes halogenated alkanes) is 11. The maximum absolute atomic E-state index is 12.4. The third-order valence-electron chi connectivity index (χ3n) is 5.89. The molecule has 2 unspecified atom stereocenters. The van der Waals surface area contributed by atoms with Crippen LogP contribution in [0.15, 0.2) is 0 Å². The molecule has 0 spiro atoms. The summed E-state index contributed by atoms with van der Waals surface area (Å²) in [5.74, 6) is -0.840. The number of phosphoric ester groups is 1. The summed E-state index contributed by atoms with van der Waals surface area (Å²) in [5.41, 5.74) is 0. The van der Waals surface area contributed by atoms with Crippen LogP contribution in [0.1, 0.15) is 110 Å². The van der Waals surface area contributed by atoms with Crippen LogP contribution in [-0.4, -0.2) is 74.9 Å². The molecular formula is C27H55NO8P+. The quantitative estimate of drug-likeness (QED) is 0.0620. The molecule has 9 nitrogen and oxygen atoms in total. The van der Waals surface area contributed by atoms with Crippen molar-refractivity contribution in [3.05, 3.63) is 0 Å². The largest absolute Gasteiger partial charge is 0.472 e. The Hall–Kier alpha value is -0.990. The second-order valence-electron chi connectivity index (χ2n) is 10.8. The molecule has 0 radical (unpaired) electrons.